The normalized spacial score (nSPS) is 29.4. The smallest absolute Gasteiger partial charge is 0.0509 e. The fourth-order valence-electron chi connectivity index (χ4n) is 2.84. The molecule has 0 aliphatic carbocycles. The Morgan fingerprint density at radius 2 is 2.18 bits per heavy atom. The van der Waals surface area contributed by atoms with Gasteiger partial charge in [-0.15, -0.1) is 11.6 Å². The summed E-state index contributed by atoms with van der Waals surface area (Å²) in [7, 11) is 0. The van der Waals surface area contributed by atoms with Gasteiger partial charge in [-0.05, 0) is 31.2 Å². The van der Waals surface area contributed by atoms with Gasteiger partial charge in [-0.1, -0.05) is 13.8 Å². The molecular formula is C14H21ClN2. The average molecular weight is 253 g/mol. The molecule has 1 aromatic heterocycles. The summed E-state index contributed by atoms with van der Waals surface area (Å²) in [5, 5.41) is 0. The zero-order valence-corrected chi connectivity index (χ0v) is 11.6. The third-order valence-corrected chi connectivity index (χ3v) is 4.22. The fraction of sp³-hybridized carbons (Fsp3) is 0.643. The molecule has 1 aliphatic rings. The van der Waals surface area contributed by atoms with Crippen LogP contribution in [0, 0.1) is 11.8 Å². The van der Waals surface area contributed by atoms with Gasteiger partial charge in [-0.2, -0.15) is 0 Å². The second-order valence-electron chi connectivity index (χ2n) is 5.35. The van der Waals surface area contributed by atoms with E-state index in [2.05, 4.69) is 36.7 Å². The number of nitrogens with zero attached hydrogens (tertiary/aromatic N) is 2. The highest BCUT2D eigenvalue weighted by Gasteiger charge is 2.29. The predicted octanol–water partition coefficient (Wildman–Crippen LogP) is 3.69. The van der Waals surface area contributed by atoms with Crippen molar-refractivity contribution in [2.24, 2.45) is 11.8 Å². The third kappa shape index (κ3) is 2.57. The zero-order valence-electron chi connectivity index (χ0n) is 10.9. The number of piperidine rings is 1. The second-order valence-corrected chi connectivity index (χ2v) is 5.62. The second kappa shape index (κ2) is 5.26. The molecule has 1 saturated heterocycles. The molecule has 0 N–H and O–H groups in total. The van der Waals surface area contributed by atoms with Gasteiger partial charge in [0.15, 0.2) is 0 Å². The summed E-state index contributed by atoms with van der Waals surface area (Å²) in [6, 6.07) is 2.68. The minimum Gasteiger partial charge on any atom is -0.368 e. The summed E-state index contributed by atoms with van der Waals surface area (Å²) in [5.74, 6) is 2.02. The number of pyridine rings is 1. The van der Waals surface area contributed by atoms with E-state index in [4.69, 9.17) is 11.6 Å². The van der Waals surface area contributed by atoms with Crippen molar-refractivity contribution in [2.45, 2.75) is 39.1 Å². The summed E-state index contributed by atoms with van der Waals surface area (Å²) in [4.78, 5) is 6.66. The van der Waals surface area contributed by atoms with Crippen LogP contribution in [0.5, 0.6) is 0 Å². The first-order valence-corrected chi connectivity index (χ1v) is 6.92. The van der Waals surface area contributed by atoms with Crippen molar-refractivity contribution in [3.05, 3.63) is 24.0 Å². The lowest BCUT2D eigenvalue weighted by molar-refractivity contribution is 0.296. The molecule has 0 aromatic carbocycles. The van der Waals surface area contributed by atoms with Crippen LogP contribution in [0.1, 0.15) is 32.8 Å². The molecule has 2 rings (SSSR count). The van der Waals surface area contributed by atoms with Crippen molar-refractivity contribution >= 4 is 17.3 Å². The first kappa shape index (κ1) is 12.7. The van der Waals surface area contributed by atoms with Crippen LogP contribution < -0.4 is 4.90 Å². The van der Waals surface area contributed by atoms with Gasteiger partial charge < -0.3 is 4.90 Å². The van der Waals surface area contributed by atoms with Crippen LogP contribution in [0.4, 0.5) is 5.69 Å². The molecule has 2 nitrogen and oxygen atoms in total. The van der Waals surface area contributed by atoms with Crippen molar-refractivity contribution in [1.29, 1.82) is 0 Å². The Bertz CT molecular complexity index is 380. The molecule has 94 valence electrons. The van der Waals surface area contributed by atoms with Gasteiger partial charge >= 0.3 is 0 Å². The number of anilines is 1. The highest BCUT2D eigenvalue weighted by Crippen LogP contribution is 2.33. The lowest BCUT2D eigenvalue weighted by atomic mass is 9.85. The van der Waals surface area contributed by atoms with Gasteiger partial charge in [0.2, 0.25) is 0 Å². The van der Waals surface area contributed by atoms with Gasteiger partial charge in [0.25, 0.3) is 0 Å². The Morgan fingerprint density at radius 3 is 2.88 bits per heavy atom. The molecule has 3 heteroatoms. The first-order chi connectivity index (χ1) is 8.13. The van der Waals surface area contributed by atoms with E-state index in [0.29, 0.717) is 11.9 Å². The Morgan fingerprint density at radius 1 is 1.41 bits per heavy atom. The molecule has 2 heterocycles. The van der Waals surface area contributed by atoms with E-state index >= 15 is 0 Å². The topological polar surface area (TPSA) is 16.1 Å². The standard InChI is InChI=1S/C14H21ClN2/c1-10-6-11(2)12(3)17(9-10)14-4-5-16-8-13(14)7-15/h4-5,8,10-12H,6-7,9H2,1-3H3. The number of halogens is 1. The van der Waals surface area contributed by atoms with Crippen molar-refractivity contribution in [1.82, 2.24) is 4.98 Å². The van der Waals surface area contributed by atoms with Crippen LogP contribution in [0.25, 0.3) is 0 Å². The van der Waals surface area contributed by atoms with Crippen LogP contribution in [0.3, 0.4) is 0 Å². The molecule has 0 spiro atoms. The van der Waals surface area contributed by atoms with Crippen molar-refractivity contribution in [3.63, 3.8) is 0 Å². The van der Waals surface area contributed by atoms with Crippen LogP contribution >= 0.6 is 11.6 Å². The van der Waals surface area contributed by atoms with Gasteiger partial charge in [0.1, 0.15) is 0 Å². The summed E-state index contributed by atoms with van der Waals surface area (Å²) >= 11 is 6.01. The SMILES string of the molecule is CC1CC(C)C(C)N(c2ccncc2CCl)C1. The van der Waals surface area contributed by atoms with E-state index in [1.165, 1.54) is 12.1 Å². The Hall–Kier alpha value is -0.760. The van der Waals surface area contributed by atoms with E-state index in [0.717, 1.165) is 23.9 Å². The molecule has 1 aromatic rings. The highest BCUT2D eigenvalue weighted by atomic mass is 35.5. The van der Waals surface area contributed by atoms with E-state index in [9.17, 15) is 0 Å². The first-order valence-electron chi connectivity index (χ1n) is 6.39. The average Bonchev–Trinajstić information content (AvgIpc) is 2.33. The molecular weight excluding hydrogens is 232 g/mol. The number of alkyl halides is 1. The van der Waals surface area contributed by atoms with Gasteiger partial charge in [0.05, 0.1) is 5.88 Å². The number of aromatic nitrogens is 1. The minimum atomic E-state index is 0.537. The maximum Gasteiger partial charge on any atom is 0.0509 e. The molecule has 1 fully saturated rings. The molecule has 0 bridgehead atoms. The van der Waals surface area contributed by atoms with Crippen molar-refractivity contribution in [3.8, 4) is 0 Å². The third-order valence-electron chi connectivity index (χ3n) is 3.93. The molecule has 1 aliphatic heterocycles. The van der Waals surface area contributed by atoms with E-state index in [1.807, 2.05) is 12.4 Å². The number of rotatable bonds is 2. The Kier molecular flexibility index (Phi) is 3.93. The van der Waals surface area contributed by atoms with Gasteiger partial charge in [-0.3, -0.25) is 4.98 Å². The minimum absolute atomic E-state index is 0.537. The predicted molar refractivity (Wildman–Crippen MR) is 73.5 cm³/mol. The van der Waals surface area contributed by atoms with Crippen LogP contribution in [-0.2, 0) is 5.88 Å². The van der Waals surface area contributed by atoms with Crippen LogP contribution in [-0.4, -0.2) is 17.6 Å². The summed E-state index contributed by atoms with van der Waals surface area (Å²) in [5.41, 5.74) is 2.41. The monoisotopic (exact) mass is 252 g/mol. The summed E-state index contributed by atoms with van der Waals surface area (Å²) in [6.45, 7) is 8.11. The summed E-state index contributed by atoms with van der Waals surface area (Å²) < 4.78 is 0. The summed E-state index contributed by atoms with van der Waals surface area (Å²) in [6.07, 6.45) is 5.07. The molecule has 0 saturated carbocycles. The lowest BCUT2D eigenvalue weighted by Gasteiger charge is -2.43. The molecule has 3 unspecified atom stereocenters. The van der Waals surface area contributed by atoms with Crippen LogP contribution in [0.15, 0.2) is 18.5 Å². The number of hydrogen-bond acceptors (Lipinski definition) is 2. The molecule has 3 atom stereocenters. The highest BCUT2D eigenvalue weighted by molar-refractivity contribution is 6.17. The molecule has 17 heavy (non-hydrogen) atoms. The Labute approximate surface area is 109 Å². The quantitative estimate of drug-likeness (QED) is 0.747. The van der Waals surface area contributed by atoms with E-state index < -0.39 is 0 Å². The fourth-order valence-corrected chi connectivity index (χ4v) is 3.04. The number of hydrogen-bond donors (Lipinski definition) is 0. The lowest BCUT2D eigenvalue weighted by Crippen LogP contribution is -2.46. The molecule has 0 radical (unpaired) electrons. The van der Waals surface area contributed by atoms with Crippen LogP contribution in [0.2, 0.25) is 0 Å². The largest absolute Gasteiger partial charge is 0.368 e. The van der Waals surface area contributed by atoms with Gasteiger partial charge in [0, 0.05) is 36.2 Å². The van der Waals surface area contributed by atoms with Crippen molar-refractivity contribution in [2.75, 3.05) is 11.4 Å². The van der Waals surface area contributed by atoms with Gasteiger partial charge in [-0.25, -0.2) is 0 Å². The Balaban J connectivity index is 2.31. The van der Waals surface area contributed by atoms with Crippen molar-refractivity contribution < 1.29 is 0 Å². The maximum absolute atomic E-state index is 6.01. The molecule has 0 amide bonds. The maximum atomic E-state index is 6.01. The van der Waals surface area contributed by atoms with E-state index in [1.54, 1.807) is 0 Å². The van der Waals surface area contributed by atoms with E-state index in [-0.39, 0.29) is 0 Å². The zero-order chi connectivity index (χ0) is 12.4.